The van der Waals surface area contributed by atoms with E-state index in [9.17, 15) is 4.79 Å². The summed E-state index contributed by atoms with van der Waals surface area (Å²) in [5, 5.41) is 0. The first-order valence-corrected chi connectivity index (χ1v) is 7.76. The Morgan fingerprint density at radius 3 is 2.43 bits per heavy atom. The van der Waals surface area contributed by atoms with Gasteiger partial charge in [-0.05, 0) is 37.0 Å². The van der Waals surface area contributed by atoms with Crippen molar-refractivity contribution in [3.8, 4) is 0 Å². The maximum atomic E-state index is 12.7. The van der Waals surface area contributed by atoms with Gasteiger partial charge in [0.15, 0.2) is 0 Å². The van der Waals surface area contributed by atoms with Gasteiger partial charge in [-0.3, -0.25) is 4.79 Å². The minimum Gasteiger partial charge on any atom is -0.397 e. The Labute approximate surface area is 127 Å². The molecule has 0 spiro atoms. The minimum absolute atomic E-state index is 0.0748. The van der Waals surface area contributed by atoms with E-state index in [1.54, 1.807) is 6.07 Å². The van der Waals surface area contributed by atoms with Crippen LogP contribution in [0.4, 0.5) is 11.4 Å². The molecule has 1 fully saturated rings. The first-order chi connectivity index (χ1) is 9.91. The molecule has 1 aliphatic carbocycles. The highest BCUT2D eigenvalue weighted by molar-refractivity contribution is 5.96. The van der Waals surface area contributed by atoms with Crippen LogP contribution in [-0.2, 0) is 0 Å². The normalized spacial score (nSPS) is 21.9. The molecule has 2 atom stereocenters. The van der Waals surface area contributed by atoms with E-state index in [2.05, 4.69) is 6.92 Å². The molecule has 0 aromatic heterocycles. The maximum absolute atomic E-state index is 12.7. The predicted molar refractivity (Wildman–Crippen MR) is 88.7 cm³/mol. The van der Waals surface area contributed by atoms with Gasteiger partial charge in [-0.25, -0.2) is 0 Å². The van der Waals surface area contributed by atoms with Crippen molar-refractivity contribution in [1.29, 1.82) is 0 Å². The summed E-state index contributed by atoms with van der Waals surface area (Å²) in [6, 6.07) is 5.93. The Hall–Kier alpha value is -1.71. The lowest BCUT2D eigenvalue weighted by Gasteiger charge is -2.36. The molecule has 2 N–H and O–H groups in total. The van der Waals surface area contributed by atoms with Gasteiger partial charge in [0.05, 0.1) is 11.4 Å². The lowest BCUT2D eigenvalue weighted by molar-refractivity contribution is 0.0629. The zero-order chi connectivity index (χ0) is 15.6. The Kier molecular flexibility index (Phi) is 4.76. The van der Waals surface area contributed by atoms with Crippen LogP contribution < -0.4 is 10.6 Å². The van der Waals surface area contributed by atoms with Gasteiger partial charge in [0.1, 0.15) is 0 Å². The van der Waals surface area contributed by atoms with Crippen LogP contribution in [0, 0.1) is 5.92 Å². The number of nitrogen functional groups attached to an aromatic ring is 1. The largest absolute Gasteiger partial charge is 0.397 e. The van der Waals surface area contributed by atoms with Gasteiger partial charge in [0.2, 0.25) is 0 Å². The van der Waals surface area contributed by atoms with Crippen molar-refractivity contribution in [2.24, 2.45) is 5.92 Å². The van der Waals surface area contributed by atoms with Crippen LogP contribution in [0.5, 0.6) is 0 Å². The van der Waals surface area contributed by atoms with Gasteiger partial charge >= 0.3 is 0 Å². The molecule has 116 valence electrons. The number of carbonyl (C=O) groups is 1. The molecule has 0 aliphatic heterocycles. The molecule has 0 bridgehead atoms. The van der Waals surface area contributed by atoms with Gasteiger partial charge in [-0.1, -0.05) is 19.8 Å². The van der Waals surface area contributed by atoms with Crippen LogP contribution in [0.15, 0.2) is 18.2 Å². The standard InChI is InChI=1S/C17H27N3O/c1-12-7-5-6-8-15(12)20(4)17(21)13-9-10-16(19(2)3)14(18)11-13/h9-12,15H,5-8,18H2,1-4H3. The van der Waals surface area contributed by atoms with Gasteiger partial charge in [0.25, 0.3) is 5.91 Å². The molecule has 2 rings (SSSR count). The van der Waals surface area contributed by atoms with E-state index in [1.165, 1.54) is 19.3 Å². The quantitative estimate of drug-likeness (QED) is 0.870. The van der Waals surface area contributed by atoms with Crippen molar-refractivity contribution in [3.63, 3.8) is 0 Å². The summed E-state index contributed by atoms with van der Waals surface area (Å²) >= 11 is 0. The number of nitrogens with zero attached hydrogens (tertiary/aromatic N) is 2. The van der Waals surface area contributed by atoms with Gasteiger partial charge < -0.3 is 15.5 Å². The molecule has 1 aromatic carbocycles. The molecule has 1 aromatic rings. The molecule has 1 amide bonds. The number of nitrogens with two attached hydrogens (primary N) is 1. The Morgan fingerprint density at radius 1 is 1.19 bits per heavy atom. The molecule has 0 radical (unpaired) electrons. The summed E-state index contributed by atoms with van der Waals surface area (Å²) in [5.41, 5.74) is 8.33. The molecule has 1 aliphatic rings. The van der Waals surface area contributed by atoms with E-state index in [4.69, 9.17) is 5.73 Å². The fraction of sp³-hybridized carbons (Fsp3) is 0.588. The van der Waals surface area contributed by atoms with Crippen molar-refractivity contribution in [1.82, 2.24) is 4.90 Å². The van der Waals surface area contributed by atoms with Crippen LogP contribution in [0.2, 0.25) is 0 Å². The molecule has 4 nitrogen and oxygen atoms in total. The summed E-state index contributed by atoms with van der Waals surface area (Å²) in [6.45, 7) is 2.25. The van der Waals surface area contributed by atoms with Crippen LogP contribution in [0.25, 0.3) is 0 Å². The highest BCUT2D eigenvalue weighted by Crippen LogP contribution is 2.29. The predicted octanol–water partition coefficient (Wildman–Crippen LogP) is 2.99. The van der Waals surface area contributed by atoms with Gasteiger partial charge in [-0.2, -0.15) is 0 Å². The second-order valence-electron chi connectivity index (χ2n) is 6.41. The third kappa shape index (κ3) is 3.31. The van der Waals surface area contributed by atoms with E-state index in [1.807, 2.05) is 43.1 Å². The molecular formula is C17H27N3O. The van der Waals surface area contributed by atoms with Crippen molar-refractivity contribution < 1.29 is 4.79 Å². The lowest BCUT2D eigenvalue weighted by atomic mass is 9.85. The van der Waals surface area contributed by atoms with E-state index >= 15 is 0 Å². The minimum atomic E-state index is 0.0748. The second-order valence-corrected chi connectivity index (χ2v) is 6.41. The third-order valence-electron chi connectivity index (χ3n) is 4.64. The number of carbonyl (C=O) groups excluding carboxylic acids is 1. The number of benzene rings is 1. The maximum Gasteiger partial charge on any atom is 0.253 e. The number of amides is 1. The smallest absolute Gasteiger partial charge is 0.253 e. The van der Waals surface area contributed by atoms with Gasteiger partial charge in [0, 0.05) is 32.7 Å². The number of anilines is 2. The summed E-state index contributed by atoms with van der Waals surface area (Å²) in [5.74, 6) is 0.650. The molecule has 21 heavy (non-hydrogen) atoms. The number of hydrogen-bond donors (Lipinski definition) is 1. The number of hydrogen-bond acceptors (Lipinski definition) is 3. The second kappa shape index (κ2) is 6.37. The molecule has 0 heterocycles. The fourth-order valence-corrected chi connectivity index (χ4v) is 3.32. The Morgan fingerprint density at radius 2 is 1.86 bits per heavy atom. The summed E-state index contributed by atoms with van der Waals surface area (Å²) in [7, 11) is 5.82. The third-order valence-corrected chi connectivity index (χ3v) is 4.64. The van der Waals surface area contributed by atoms with Crippen molar-refractivity contribution in [2.45, 2.75) is 38.6 Å². The molecular weight excluding hydrogens is 262 g/mol. The topological polar surface area (TPSA) is 49.6 Å². The monoisotopic (exact) mass is 289 g/mol. The fourth-order valence-electron chi connectivity index (χ4n) is 3.32. The average molecular weight is 289 g/mol. The van der Waals surface area contributed by atoms with Crippen LogP contribution >= 0.6 is 0 Å². The first-order valence-electron chi connectivity index (χ1n) is 7.76. The Balaban J connectivity index is 2.17. The zero-order valence-electron chi connectivity index (χ0n) is 13.6. The summed E-state index contributed by atoms with van der Waals surface area (Å²) < 4.78 is 0. The van der Waals surface area contributed by atoms with E-state index < -0.39 is 0 Å². The highest BCUT2D eigenvalue weighted by Gasteiger charge is 2.28. The zero-order valence-corrected chi connectivity index (χ0v) is 13.6. The van der Waals surface area contributed by atoms with Gasteiger partial charge in [-0.15, -0.1) is 0 Å². The molecule has 2 unspecified atom stereocenters. The van der Waals surface area contributed by atoms with Crippen molar-refractivity contribution in [2.75, 3.05) is 31.8 Å². The van der Waals surface area contributed by atoms with E-state index in [-0.39, 0.29) is 5.91 Å². The van der Waals surface area contributed by atoms with Crippen LogP contribution in [-0.4, -0.2) is 38.0 Å². The number of rotatable bonds is 3. The lowest BCUT2D eigenvalue weighted by Crippen LogP contribution is -2.42. The van der Waals surface area contributed by atoms with Crippen LogP contribution in [0.3, 0.4) is 0 Å². The molecule has 0 saturated heterocycles. The Bertz CT molecular complexity index is 513. The van der Waals surface area contributed by atoms with E-state index in [0.29, 0.717) is 23.2 Å². The molecule has 4 heteroatoms. The van der Waals surface area contributed by atoms with Crippen molar-refractivity contribution in [3.05, 3.63) is 23.8 Å². The van der Waals surface area contributed by atoms with E-state index in [0.717, 1.165) is 12.1 Å². The molecule has 1 saturated carbocycles. The first kappa shape index (κ1) is 15.7. The SMILES string of the molecule is CC1CCCCC1N(C)C(=O)c1ccc(N(C)C)c(N)c1. The summed E-state index contributed by atoms with van der Waals surface area (Å²) in [6.07, 6.45) is 4.82. The van der Waals surface area contributed by atoms with Crippen LogP contribution in [0.1, 0.15) is 43.0 Å². The average Bonchev–Trinajstić information content (AvgIpc) is 2.45. The summed E-state index contributed by atoms with van der Waals surface area (Å²) in [4.78, 5) is 16.5. The van der Waals surface area contributed by atoms with Crippen molar-refractivity contribution >= 4 is 17.3 Å². The highest BCUT2D eigenvalue weighted by atomic mass is 16.2.